The predicted molar refractivity (Wildman–Crippen MR) is 80.1 cm³/mol. The Morgan fingerprint density at radius 1 is 1.05 bits per heavy atom. The topological polar surface area (TPSA) is 29.5 Å². The largest absolute Gasteiger partial charge is 0.490 e. The van der Waals surface area contributed by atoms with E-state index in [4.69, 9.17) is 4.74 Å². The summed E-state index contributed by atoms with van der Waals surface area (Å²) in [5.74, 6) is 0.857. The van der Waals surface area contributed by atoms with Crippen LogP contribution < -0.4 is 4.74 Å². The Morgan fingerprint density at radius 2 is 1.70 bits per heavy atom. The second-order valence-corrected chi connectivity index (χ2v) is 5.60. The van der Waals surface area contributed by atoms with Crippen molar-refractivity contribution in [2.45, 2.75) is 38.9 Å². The Balaban J connectivity index is 1.91. The average molecular weight is 268 g/mol. The van der Waals surface area contributed by atoms with Gasteiger partial charge < -0.3 is 9.84 Å². The lowest BCUT2D eigenvalue weighted by Crippen LogP contribution is -2.05. The van der Waals surface area contributed by atoms with Gasteiger partial charge in [0.2, 0.25) is 0 Å². The number of aliphatic hydroxyl groups excluding tert-OH is 1. The molecule has 1 N–H and O–H groups in total. The highest BCUT2D eigenvalue weighted by atomic mass is 16.5. The summed E-state index contributed by atoms with van der Waals surface area (Å²) in [5, 5.41) is 10.7. The minimum atomic E-state index is -0.598. The molecule has 2 nitrogen and oxygen atoms in total. The van der Waals surface area contributed by atoms with Gasteiger partial charge in [0.25, 0.3) is 0 Å². The van der Waals surface area contributed by atoms with E-state index in [9.17, 15) is 5.11 Å². The molecule has 104 valence electrons. The van der Waals surface area contributed by atoms with Gasteiger partial charge in [-0.3, -0.25) is 0 Å². The summed E-state index contributed by atoms with van der Waals surface area (Å²) >= 11 is 0. The number of rotatable bonds is 4. The Labute approximate surface area is 120 Å². The number of aliphatic hydroxyl groups is 1. The molecule has 0 saturated heterocycles. The fourth-order valence-electron chi connectivity index (χ4n) is 2.56. The van der Waals surface area contributed by atoms with Crippen LogP contribution in [0.5, 0.6) is 5.75 Å². The van der Waals surface area contributed by atoms with Gasteiger partial charge in [-0.2, -0.15) is 0 Å². The molecule has 0 radical (unpaired) electrons. The second-order valence-electron chi connectivity index (χ2n) is 5.60. The van der Waals surface area contributed by atoms with Crippen LogP contribution in [0.15, 0.2) is 42.5 Å². The lowest BCUT2D eigenvalue weighted by atomic mass is 9.93. The zero-order valence-electron chi connectivity index (χ0n) is 12.0. The number of benzene rings is 2. The van der Waals surface area contributed by atoms with E-state index in [0.29, 0.717) is 6.10 Å². The molecule has 1 aliphatic carbocycles. The first-order valence-electron chi connectivity index (χ1n) is 7.16. The van der Waals surface area contributed by atoms with Crippen molar-refractivity contribution in [1.29, 1.82) is 0 Å². The van der Waals surface area contributed by atoms with Crippen LogP contribution in [0, 0.1) is 13.8 Å². The van der Waals surface area contributed by atoms with Crippen LogP contribution in [0.1, 0.15) is 41.2 Å². The minimum absolute atomic E-state index is 0.377. The lowest BCUT2D eigenvalue weighted by molar-refractivity contribution is 0.217. The third kappa shape index (κ3) is 2.70. The Kier molecular flexibility index (Phi) is 3.49. The van der Waals surface area contributed by atoms with E-state index in [2.05, 4.69) is 0 Å². The fraction of sp³-hybridized carbons (Fsp3) is 0.333. The number of hydrogen-bond acceptors (Lipinski definition) is 2. The zero-order valence-corrected chi connectivity index (χ0v) is 12.0. The van der Waals surface area contributed by atoms with E-state index in [0.717, 1.165) is 40.8 Å². The van der Waals surface area contributed by atoms with Gasteiger partial charge >= 0.3 is 0 Å². The average Bonchev–Trinajstić information content (AvgIpc) is 3.22. The van der Waals surface area contributed by atoms with Crippen molar-refractivity contribution in [2.75, 3.05) is 0 Å². The molecule has 1 atom stereocenters. The summed E-state index contributed by atoms with van der Waals surface area (Å²) in [6.45, 7) is 4.08. The molecule has 0 amide bonds. The molecular weight excluding hydrogens is 248 g/mol. The molecule has 0 aromatic heterocycles. The molecule has 2 aromatic carbocycles. The van der Waals surface area contributed by atoms with Crippen molar-refractivity contribution < 1.29 is 9.84 Å². The van der Waals surface area contributed by atoms with E-state index in [-0.39, 0.29) is 0 Å². The summed E-state index contributed by atoms with van der Waals surface area (Å²) in [4.78, 5) is 0. The van der Waals surface area contributed by atoms with Crippen LogP contribution >= 0.6 is 0 Å². The van der Waals surface area contributed by atoms with Crippen LogP contribution in [0.2, 0.25) is 0 Å². The Bertz CT molecular complexity index is 594. The molecule has 2 heteroatoms. The lowest BCUT2D eigenvalue weighted by Gasteiger charge is -2.17. The smallest absolute Gasteiger partial charge is 0.120 e. The van der Waals surface area contributed by atoms with Crippen molar-refractivity contribution in [1.82, 2.24) is 0 Å². The monoisotopic (exact) mass is 268 g/mol. The molecule has 0 heterocycles. The van der Waals surface area contributed by atoms with E-state index in [1.165, 1.54) is 0 Å². The highest BCUT2D eigenvalue weighted by Gasteiger charge is 2.24. The van der Waals surface area contributed by atoms with Crippen LogP contribution in [-0.2, 0) is 0 Å². The maximum absolute atomic E-state index is 10.7. The maximum atomic E-state index is 10.7. The predicted octanol–water partition coefficient (Wildman–Crippen LogP) is 3.93. The van der Waals surface area contributed by atoms with Gasteiger partial charge in [-0.1, -0.05) is 30.3 Å². The van der Waals surface area contributed by atoms with Gasteiger partial charge in [0.1, 0.15) is 11.9 Å². The van der Waals surface area contributed by atoms with E-state index < -0.39 is 6.10 Å². The van der Waals surface area contributed by atoms with Crippen molar-refractivity contribution in [3.63, 3.8) is 0 Å². The van der Waals surface area contributed by atoms with Crippen LogP contribution in [0.3, 0.4) is 0 Å². The molecular formula is C18H20O2. The fourth-order valence-corrected chi connectivity index (χ4v) is 2.56. The zero-order chi connectivity index (χ0) is 14.1. The Hall–Kier alpha value is -1.80. The van der Waals surface area contributed by atoms with Gasteiger partial charge in [-0.15, -0.1) is 0 Å². The minimum Gasteiger partial charge on any atom is -0.490 e. The molecule has 0 aliphatic heterocycles. The molecule has 1 fully saturated rings. The molecule has 0 bridgehead atoms. The standard InChI is InChI=1S/C18H20O2/c1-12-5-3-6-13(2)17(12)18(19)14-7-4-8-16(11-14)20-15-9-10-15/h3-8,11,15,18-19H,9-10H2,1-2H3. The molecule has 0 spiro atoms. The van der Waals surface area contributed by atoms with Gasteiger partial charge in [-0.25, -0.2) is 0 Å². The van der Waals surface area contributed by atoms with Gasteiger partial charge in [-0.05, 0) is 61.1 Å². The van der Waals surface area contributed by atoms with Gasteiger partial charge in [0, 0.05) is 0 Å². The van der Waals surface area contributed by atoms with Gasteiger partial charge in [0.15, 0.2) is 0 Å². The van der Waals surface area contributed by atoms with Crippen LogP contribution in [0.25, 0.3) is 0 Å². The number of ether oxygens (including phenoxy) is 1. The number of aryl methyl sites for hydroxylation is 2. The molecule has 20 heavy (non-hydrogen) atoms. The van der Waals surface area contributed by atoms with Crippen molar-refractivity contribution in [3.8, 4) is 5.75 Å². The summed E-state index contributed by atoms with van der Waals surface area (Å²) in [7, 11) is 0. The third-order valence-corrected chi connectivity index (χ3v) is 3.82. The highest BCUT2D eigenvalue weighted by molar-refractivity contribution is 5.42. The molecule has 1 aliphatic rings. The first-order chi connectivity index (χ1) is 9.65. The summed E-state index contributed by atoms with van der Waals surface area (Å²) < 4.78 is 5.80. The van der Waals surface area contributed by atoms with Crippen molar-refractivity contribution in [2.24, 2.45) is 0 Å². The van der Waals surface area contributed by atoms with E-state index >= 15 is 0 Å². The summed E-state index contributed by atoms with van der Waals surface area (Å²) in [6.07, 6.45) is 2.06. The first kappa shape index (κ1) is 13.2. The van der Waals surface area contributed by atoms with E-state index in [1.54, 1.807) is 0 Å². The third-order valence-electron chi connectivity index (χ3n) is 3.82. The normalized spacial score (nSPS) is 15.9. The number of hydrogen-bond donors (Lipinski definition) is 1. The molecule has 3 rings (SSSR count). The molecule has 2 aromatic rings. The van der Waals surface area contributed by atoms with Crippen molar-refractivity contribution >= 4 is 0 Å². The first-order valence-corrected chi connectivity index (χ1v) is 7.16. The van der Waals surface area contributed by atoms with Crippen LogP contribution in [0.4, 0.5) is 0 Å². The summed E-state index contributed by atoms with van der Waals surface area (Å²) in [6, 6.07) is 13.9. The second kappa shape index (κ2) is 5.29. The highest BCUT2D eigenvalue weighted by Crippen LogP contribution is 2.32. The van der Waals surface area contributed by atoms with Gasteiger partial charge in [0.05, 0.1) is 6.10 Å². The maximum Gasteiger partial charge on any atom is 0.120 e. The quantitative estimate of drug-likeness (QED) is 0.910. The van der Waals surface area contributed by atoms with E-state index in [1.807, 2.05) is 56.3 Å². The molecule has 1 unspecified atom stereocenters. The van der Waals surface area contributed by atoms with Crippen LogP contribution in [-0.4, -0.2) is 11.2 Å². The van der Waals surface area contributed by atoms with Crippen molar-refractivity contribution in [3.05, 3.63) is 64.7 Å². The summed E-state index contributed by atoms with van der Waals surface area (Å²) in [5.41, 5.74) is 4.12. The SMILES string of the molecule is Cc1cccc(C)c1C(O)c1cccc(OC2CC2)c1. The Morgan fingerprint density at radius 3 is 2.35 bits per heavy atom. The molecule has 1 saturated carbocycles.